The molecule has 0 unspecified atom stereocenters. The van der Waals surface area contributed by atoms with Crippen molar-refractivity contribution >= 4 is 46.4 Å². The molecule has 23 heavy (non-hydrogen) atoms. The standard InChI is InChI=1S/C16H16ClN3O2S/c17-11-4-6-12(7-5-11)20-15(22)13(14(21)18-16(20)23)10-19-8-2-1-3-9-19/h4-7,10H,1-3,8-9H2,(H,18,21,23)/b13-10-. The molecular formula is C16H16ClN3O2S. The zero-order chi connectivity index (χ0) is 16.4. The Labute approximate surface area is 144 Å². The Kier molecular flexibility index (Phi) is 4.63. The van der Waals surface area contributed by atoms with Crippen LogP contribution < -0.4 is 10.2 Å². The second-order valence-corrected chi connectivity index (χ2v) is 6.34. The van der Waals surface area contributed by atoms with Crippen LogP contribution in [0.4, 0.5) is 5.69 Å². The number of rotatable bonds is 2. The number of thiocarbonyl (C=S) groups is 1. The molecule has 3 rings (SSSR count). The number of anilines is 1. The fourth-order valence-corrected chi connectivity index (χ4v) is 3.11. The first-order valence-corrected chi connectivity index (χ1v) is 8.26. The van der Waals surface area contributed by atoms with Crippen molar-refractivity contribution in [3.05, 3.63) is 41.1 Å². The van der Waals surface area contributed by atoms with E-state index in [-0.39, 0.29) is 10.7 Å². The summed E-state index contributed by atoms with van der Waals surface area (Å²) in [5.74, 6) is -0.859. The van der Waals surface area contributed by atoms with E-state index in [0.29, 0.717) is 10.7 Å². The Bertz CT molecular complexity index is 681. The fourth-order valence-electron chi connectivity index (χ4n) is 2.70. The Balaban J connectivity index is 1.90. The molecule has 0 aliphatic carbocycles. The largest absolute Gasteiger partial charge is 0.377 e. The van der Waals surface area contributed by atoms with Gasteiger partial charge in [0.2, 0.25) is 0 Å². The van der Waals surface area contributed by atoms with Gasteiger partial charge in [0.1, 0.15) is 5.57 Å². The van der Waals surface area contributed by atoms with Gasteiger partial charge < -0.3 is 4.90 Å². The van der Waals surface area contributed by atoms with Crippen molar-refractivity contribution in [1.29, 1.82) is 0 Å². The highest BCUT2D eigenvalue weighted by molar-refractivity contribution is 7.80. The van der Waals surface area contributed by atoms with Gasteiger partial charge in [-0.2, -0.15) is 0 Å². The van der Waals surface area contributed by atoms with Crippen LogP contribution in [-0.4, -0.2) is 34.9 Å². The quantitative estimate of drug-likeness (QED) is 0.506. The van der Waals surface area contributed by atoms with Gasteiger partial charge >= 0.3 is 0 Å². The molecule has 2 aliphatic heterocycles. The summed E-state index contributed by atoms with van der Waals surface area (Å²) in [7, 11) is 0. The van der Waals surface area contributed by atoms with Gasteiger partial charge in [0.15, 0.2) is 5.11 Å². The third-order valence-corrected chi connectivity index (χ3v) is 4.43. The van der Waals surface area contributed by atoms with E-state index in [2.05, 4.69) is 5.32 Å². The molecule has 1 N–H and O–H groups in total. The first kappa shape index (κ1) is 16.0. The number of halogens is 1. The number of amides is 2. The van der Waals surface area contributed by atoms with E-state index in [1.165, 1.54) is 11.3 Å². The van der Waals surface area contributed by atoms with E-state index in [1.807, 2.05) is 4.90 Å². The number of nitrogens with zero attached hydrogens (tertiary/aromatic N) is 2. The average molecular weight is 350 g/mol. The highest BCUT2D eigenvalue weighted by Gasteiger charge is 2.35. The Morgan fingerprint density at radius 1 is 1.09 bits per heavy atom. The lowest BCUT2D eigenvalue weighted by Gasteiger charge is -2.31. The number of nitrogens with one attached hydrogen (secondary N) is 1. The van der Waals surface area contributed by atoms with Crippen molar-refractivity contribution in [3.8, 4) is 0 Å². The molecule has 120 valence electrons. The first-order valence-electron chi connectivity index (χ1n) is 7.47. The molecule has 5 nitrogen and oxygen atoms in total. The van der Waals surface area contributed by atoms with Crippen LogP contribution in [0, 0.1) is 0 Å². The van der Waals surface area contributed by atoms with Gasteiger partial charge in [-0.3, -0.25) is 19.8 Å². The van der Waals surface area contributed by atoms with Crippen molar-refractivity contribution in [2.45, 2.75) is 19.3 Å². The normalized spacial score (nSPS) is 20.9. The van der Waals surface area contributed by atoms with Crippen molar-refractivity contribution in [2.75, 3.05) is 18.0 Å². The molecule has 0 bridgehead atoms. The Morgan fingerprint density at radius 2 is 1.74 bits per heavy atom. The number of hydrogen-bond donors (Lipinski definition) is 1. The number of piperidine rings is 1. The summed E-state index contributed by atoms with van der Waals surface area (Å²) < 4.78 is 0. The van der Waals surface area contributed by atoms with Crippen LogP contribution in [0.25, 0.3) is 0 Å². The SMILES string of the molecule is O=C1NC(=S)N(c2ccc(Cl)cc2)C(=O)/C1=C\N1CCCCC1. The minimum absolute atomic E-state index is 0.0816. The van der Waals surface area contributed by atoms with Crippen molar-refractivity contribution < 1.29 is 9.59 Å². The molecule has 0 radical (unpaired) electrons. The van der Waals surface area contributed by atoms with Crippen LogP contribution in [0.15, 0.2) is 36.0 Å². The maximum Gasteiger partial charge on any atom is 0.271 e. The summed E-state index contributed by atoms with van der Waals surface area (Å²) in [6.45, 7) is 1.71. The molecule has 0 saturated carbocycles. The topological polar surface area (TPSA) is 52.7 Å². The van der Waals surface area contributed by atoms with Gasteiger partial charge in [-0.15, -0.1) is 0 Å². The minimum atomic E-state index is -0.448. The van der Waals surface area contributed by atoms with E-state index in [4.69, 9.17) is 23.8 Å². The number of likely N-dealkylation sites (tertiary alicyclic amines) is 1. The van der Waals surface area contributed by atoms with Gasteiger partial charge in [-0.1, -0.05) is 11.6 Å². The van der Waals surface area contributed by atoms with Gasteiger partial charge in [0.25, 0.3) is 11.8 Å². The lowest BCUT2D eigenvalue weighted by molar-refractivity contribution is -0.122. The summed E-state index contributed by atoms with van der Waals surface area (Å²) in [6, 6.07) is 6.75. The van der Waals surface area contributed by atoms with Gasteiger partial charge in [-0.25, -0.2) is 0 Å². The minimum Gasteiger partial charge on any atom is -0.377 e. The van der Waals surface area contributed by atoms with E-state index in [0.717, 1.165) is 25.9 Å². The Hall–Kier alpha value is -1.92. The molecule has 2 fully saturated rings. The molecule has 2 aliphatic rings. The fraction of sp³-hybridized carbons (Fsp3) is 0.312. The van der Waals surface area contributed by atoms with E-state index in [9.17, 15) is 9.59 Å². The molecule has 0 aromatic heterocycles. The van der Waals surface area contributed by atoms with E-state index < -0.39 is 11.8 Å². The van der Waals surface area contributed by atoms with Crippen molar-refractivity contribution in [1.82, 2.24) is 10.2 Å². The van der Waals surface area contributed by atoms with Crippen LogP contribution in [0.2, 0.25) is 5.02 Å². The molecule has 1 aromatic rings. The van der Waals surface area contributed by atoms with Crippen LogP contribution in [0.5, 0.6) is 0 Å². The molecule has 1 aromatic carbocycles. The second-order valence-electron chi connectivity index (χ2n) is 5.52. The Morgan fingerprint density at radius 3 is 2.39 bits per heavy atom. The van der Waals surface area contributed by atoms with Gasteiger partial charge in [0.05, 0.1) is 5.69 Å². The zero-order valence-electron chi connectivity index (χ0n) is 12.4. The maximum absolute atomic E-state index is 12.8. The molecule has 0 atom stereocenters. The monoisotopic (exact) mass is 349 g/mol. The molecule has 0 spiro atoms. The molecule has 2 amide bonds. The van der Waals surface area contributed by atoms with Gasteiger partial charge in [0, 0.05) is 24.3 Å². The predicted molar refractivity (Wildman–Crippen MR) is 93.2 cm³/mol. The second kappa shape index (κ2) is 6.68. The molecule has 2 heterocycles. The first-order chi connectivity index (χ1) is 11.1. The number of hydrogen-bond acceptors (Lipinski definition) is 4. The number of carbonyl (C=O) groups excluding carboxylic acids is 2. The average Bonchev–Trinajstić information content (AvgIpc) is 2.54. The van der Waals surface area contributed by atoms with Crippen LogP contribution in [-0.2, 0) is 9.59 Å². The summed E-state index contributed by atoms with van der Waals surface area (Å²) in [6.07, 6.45) is 4.97. The van der Waals surface area contributed by atoms with Crippen molar-refractivity contribution in [3.63, 3.8) is 0 Å². The van der Waals surface area contributed by atoms with Crippen LogP contribution >= 0.6 is 23.8 Å². The zero-order valence-corrected chi connectivity index (χ0v) is 14.0. The summed E-state index contributed by atoms with van der Waals surface area (Å²) in [4.78, 5) is 28.3. The highest BCUT2D eigenvalue weighted by Crippen LogP contribution is 2.23. The maximum atomic E-state index is 12.8. The summed E-state index contributed by atoms with van der Waals surface area (Å²) in [5, 5.41) is 3.23. The van der Waals surface area contributed by atoms with E-state index >= 15 is 0 Å². The highest BCUT2D eigenvalue weighted by atomic mass is 35.5. The summed E-state index contributed by atoms with van der Waals surface area (Å²) in [5.41, 5.74) is 0.685. The number of carbonyl (C=O) groups is 2. The smallest absolute Gasteiger partial charge is 0.271 e. The molecular weight excluding hydrogens is 334 g/mol. The predicted octanol–water partition coefficient (Wildman–Crippen LogP) is 2.46. The van der Waals surface area contributed by atoms with Crippen molar-refractivity contribution in [2.24, 2.45) is 0 Å². The van der Waals surface area contributed by atoms with E-state index in [1.54, 1.807) is 30.5 Å². The van der Waals surface area contributed by atoms with Crippen LogP contribution in [0.3, 0.4) is 0 Å². The lowest BCUT2D eigenvalue weighted by atomic mass is 10.1. The third-order valence-electron chi connectivity index (χ3n) is 3.89. The third kappa shape index (κ3) is 3.38. The summed E-state index contributed by atoms with van der Waals surface area (Å²) >= 11 is 11.0. The van der Waals surface area contributed by atoms with Crippen LogP contribution in [0.1, 0.15) is 19.3 Å². The van der Waals surface area contributed by atoms with Gasteiger partial charge in [-0.05, 0) is 55.7 Å². The lowest BCUT2D eigenvalue weighted by Crippen LogP contribution is -2.54. The molecule has 2 saturated heterocycles. The number of benzene rings is 1. The molecule has 7 heteroatoms.